The van der Waals surface area contributed by atoms with Crippen LogP contribution in [0.15, 0.2) is 12.1 Å². The second-order valence-corrected chi connectivity index (χ2v) is 4.85. The Balaban J connectivity index is 2.03. The minimum atomic E-state index is -0.433. The number of benzene rings is 1. The lowest BCUT2D eigenvalue weighted by Gasteiger charge is -2.37. The molecule has 0 aliphatic carbocycles. The molecule has 1 aromatic rings. The first kappa shape index (κ1) is 12.7. The Kier molecular flexibility index (Phi) is 2.94. The molecule has 2 N–H and O–H groups in total. The molecule has 8 nitrogen and oxygen atoms in total. The summed E-state index contributed by atoms with van der Waals surface area (Å²) in [5.41, 5.74) is 0.932. The summed E-state index contributed by atoms with van der Waals surface area (Å²) in [6, 6.07) is 3.18. The van der Waals surface area contributed by atoms with Gasteiger partial charge in [-0.25, -0.2) is 0 Å². The van der Waals surface area contributed by atoms with Crippen molar-refractivity contribution in [2.45, 2.75) is 6.04 Å². The first-order chi connectivity index (χ1) is 9.56. The van der Waals surface area contributed by atoms with Crippen LogP contribution in [0.5, 0.6) is 5.75 Å². The summed E-state index contributed by atoms with van der Waals surface area (Å²) in [6.07, 6.45) is 0. The molecule has 0 bridgehead atoms. The molecule has 1 saturated heterocycles. The van der Waals surface area contributed by atoms with E-state index in [9.17, 15) is 14.9 Å². The number of fused-ring (bicyclic) bond motifs is 1. The van der Waals surface area contributed by atoms with Crippen LogP contribution in [-0.2, 0) is 4.79 Å². The smallest absolute Gasteiger partial charge is 0.296 e. The first-order valence-electron chi connectivity index (χ1n) is 6.25. The van der Waals surface area contributed by atoms with Gasteiger partial charge in [-0.15, -0.1) is 0 Å². The number of carbonyl (C=O) groups excluding carboxylic acids is 1. The highest BCUT2D eigenvalue weighted by Crippen LogP contribution is 2.40. The number of likely N-dealkylation sites (N-methyl/N-ethyl adjacent to an activating group) is 1. The van der Waals surface area contributed by atoms with E-state index in [1.54, 1.807) is 6.07 Å². The maximum atomic E-state index is 11.3. The minimum absolute atomic E-state index is 0.0192. The standard InChI is InChI=1S/C12H14N4O4/c1-15(7-4-13-5-7)9-2-8-11(3-10(9)16(18)19)20-6-12(17)14-8/h2-3,7,13H,4-6H2,1H3,(H,14,17). The Bertz CT molecular complexity index is 585. The van der Waals surface area contributed by atoms with Crippen molar-refractivity contribution in [2.24, 2.45) is 0 Å². The Labute approximate surface area is 114 Å². The van der Waals surface area contributed by atoms with E-state index in [2.05, 4.69) is 10.6 Å². The fourth-order valence-electron chi connectivity index (χ4n) is 2.28. The lowest BCUT2D eigenvalue weighted by molar-refractivity contribution is -0.384. The molecule has 0 radical (unpaired) electrons. The summed E-state index contributed by atoms with van der Waals surface area (Å²) in [4.78, 5) is 24.0. The summed E-state index contributed by atoms with van der Waals surface area (Å²) < 4.78 is 5.21. The number of ether oxygens (including phenoxy) is 1. The van der Waals surface area contributed by atoms with E-state index < -0.39 is 4.92 Å². The number of nitro benzene ring substituents is 1. The maximum absolute atomic E-state index is 11.3. The maximum Gasteiger partial charge on any atom is 0.296 e. The average Bonchev–Trinajstić information content (AvgIpc) is 2.34. The molecule has 2 aliphatic heterocycles. The number of anilines is 2. The van der Waals surface area contributed by atoms with Crippen LogP contribution in [0, 0.1) is 10.1 Å². The van der Waals surface area contributed by atoms with Gasteiger partial charge < -0.3 is 20.3 Å². The van der Waals surface area contributed by atoms with Crippen LogP contribution in [0.2, 0.25) is 0 Å². The van der Waals surface area contributed by atoms with Gasteiger partial charge in [0.15, 0.2) is 12.4 Å². The molecule has 2 aliphatic rings. The quantitative estimate of drug-likeness (QED) is 0.611. The predicted molar refractivity (Wildman–Crippen MR) is 72.3 cm³/mol. The van der Waals surface area contributed by atoms with Crippen LogP contribution in [-0.4, -0.2) is 43.6 Å². The molecule has 106 valence electrons. The molecule has 0 aromatic heterocycles. The molecule has 20 heavy (non-hydrogen) atoms. The molecule has 0 atom stereocenters. The Morgan fingerprint density at radius 3 is 2.80 bits per heavy atom. The van der Waals surface area contributed by atoms with Gasteiger partial charge in [0.1, 0.15) is 5.69 Å². The molecule has 3 rings (SSSR count). The number of hydrogen-bond acceptors (Lipinski definition) is 6. The lowest BCUT2D eigenvalue weighted by atomic mass is 10.1. The number of nitrogens with zero attached hydrogens (tertiary/aromatic N) is 2. The molecule has 0 spiro atoms. The van der Waals surface area contributed by atoms with E-state index in [1.807, 2.05) is 11.9 Å². The molecule has 0 saturated carbocycles. The van der Waals surface area contributed by atoms with Crippen LogP contribution < -0.4 is 20.3 Å². The molecule has 0 unspecified atom stereocenters. The minimum Gasteiger partial charge on any atom is -0.481 e. The second-order valence-electron chi connectivity index (χ2n) is 4.85. The second kappa shape index (κ2) is 4.64. The molecule has 2 heterocycles. The summed E-state index contributed by atoms with van der Waals surface area (Å²) in [7, 11) is 1.81. The van der Waals surface area contributed by atoms with Crippen molar-refractivity contribution in [1.29, 1.82) is 0 Å². The highest BCUT2D eigenvalue weighted by Gasteiger charge is 2.30. The normalized spacial score (nSPS) is 17.6. The van der Waals surface area contributed by atoms with Gasteiger partial charge >= 0.3 is 0 Å². The molecule has 8 heteroatoms. The van der Waals surface area contributed by atoms with E-state index >= 15 is 0 Å². The number of hydrogen-bond donors (Lipinski definition) is 2. The van der Waals surface area contributed by atoms with Crippen molar-refractivity contribution in [3.63, 3.8) is 0 Å². The van der Waals surface area contributed by atoms with Gasteiger partial charge in [0.05, 0.1) is 22.7 Å². The fraction of sp³-hybridized carbons (Fsp3) is 0.417. The summed E-state index contributed by atoms with van der Waals surface area (Å²) in [5, 5.41) is 17.0. The Morgan fingerprint density at radius 1 is 1.45 bits per heavy atom. The number of carbonyl (C=O) groups is 1. The average molecular weight is 278 g/mol. The molecule has 1 amide bonds. The van der Waals surface area contributed by atoms with Crippen molar-refractivity contribution in [3.8, 4) is 5.75 Å². The van der Waals surface area contributed by atoms with Crippen LogP contribution in [0.1, 0.15) is 0 Å². The molecular weight excluding hydrogens is 264 g/mol. The highest BCUT2D eigenvalue weighted by atomic mass is 16.6. The van der Waals surface area contributed by atoms with Gasteiger partial charge in [-0.05, 0) is 6.07 Å². The fourth-order valence-corrected chi connectivity index (χ4v) is 2.28. The van der Waals surface area contributed by atoms with E-state index in [4.69, 9.17) is 4.74 Å². The van der Waals surface area contributed by atoms with Gasteiger partial charge in [0, 0.05) is 20.1 Å². The Hall–Kier alpha value is -2.35. The van der Waals surface area contributed by atoms with Crippen LogP contribution >= 0.6 is 0 Å². The highest BCUT2D eigenvalue weighted by molar-refractivity contribution is 5.97. The number of nitro groups is 1. The van der Waals surface area contributed by atoms with Crippen LogP contribution in [0.4, 0.5) is 17.1 Å². The summed E-state index contributed by atoms with van der Waals surface area (Å²) in [6.45, 7) is 1.45. The van der Waals surface area contributed by atoms with Gasteiger partial charge in [-0.1, -0.05) is 0 Å². The zero-order valence-corrected chi connectivity index (χ0v) is 10.9. The van der Waals surface area contributed by atoms with Crippen molar-refractivity contribution >= 4 is 23.0 Å². The number of rotatable bonds is 3. The first-order valence-corrected chi connectivity index (χ1v) is 6.25. The van der Waals surface area contributed by atoms with E-state index in [1.165, 1.54) is 6.07 Å². The third-order valence-corrected chi connectivity index (χ3v) is 3.59. The van der Waals surface area contributed by atoms with Crippen molar-refractivity contribution in [2.75, 3.05) is 37.0 Å². The number of nitrogens with one attached hydrogen (secondary N) is 2. The third kappa shape index (κ3) is 2.03. The van der Waals surface area contributed by atoms with Crippen molar-refractivity contribution < 1.29 is 14.5 Å². The van der Waals surface area contributed by atoms with E-state index in [-0.39, 0.29) is 24.2 Å². The predicted octanol–water partition coefficient (Wildman–Crippen LogP) is 0.334. The lowest BCUT2D eigenvalue weighted by Crippen LogP contribution is -2.56. The van der Waals surface area contributed by atoms with E-state index in [0.717, 1.165) is 13.1 Å². The zero-order valence-electron chi connectivity index (χ0n) is 10.9. The van der Waals surface area contributed by atoms with Crippen LogP contribution in [0.3, 0.4) is 0 Å². The van der Waals surface area contributed by atoms with Gasteiger partial charge in [0.2, 0.25) is 0 Å². The van der Waals surface area contributed by atoms with Gasteiger partial charge in [0.25, 0.3) is 11.6 Å². The topological polar surface area (TPSA) is 96.7 Å². The Morgan fingerprint density at radius 2 is 2.20 bits per heavy atom. The van der Waals surface area contributed by atoms with Crippen molar-refractivity contribution in [3.05, 3.63) is 22.2 Å². The van der Waals surface area contributed by atoms with Crippen LogP contribution in [0.25, 0.3) is 0 Å². The van der Waals surface area contributed by atoms with E-state index in [0.29, 0.717) is 17.1 Å². The molecule has 1 fully saturated rings. The summed E-state index contributed by atoms with van der Waals surface area (Å²) >= 11 is 0. The molecule has 1 aromatic carbocycles. The van der Waals surface area contributed by atoms with Crippen molar-refractivity contribution in [1.82, 2.24) is 5.32 Å². The largest absolute Gasteiger partial charge is 0.481 e. The number of amides is 1. The van der Waals surface area contributed by atoms with Gasteiger partial charge in [-0.3, -0.25) is 14.9 Å². The zero-order chi connectivity index (χ0) is 14.3. The SMILES string of the molecule is CN(c1cc2c(cc1[N+](=O)[O-])OCC(=O)N2)C1CNC1. The molecular formula is C12H14N4O4. The monoisotopic (exact) mass is 278 g/mol. The third-order valence-electron chi connectivity index (χ3n) is 3.59. The summed E-state index contributed by atoms with van der Waals surface area (Å²) in [5.74, 6) is 0.0745. The van der Waals surface area contributed by atoms with Gasteiger partial charge in [-0.2, -0.15) is 0 Å².